The van der Waals surface area contributed by atoms with Crippen molar-refractivity contribution >= 4 is 10.0 Å². The van der Waals surface area contributed by atoms with Gasteiger partial charge in [0.2, 0.25) is 10.0 Å². The van der Waals surface area contributed by atoms with Crippen LogP contribution >= 0.6 is 0 Å². The first-order valence-corrected chi connectivity index (χ1v) is 8.99. The number of nitrogens with zero attached hydrogens (tertiary/aromatic N) is 2. The molecule has 1 aromatic heterocycles. The van der Waals surface area contributed by atoms with Crippen LogP contribution in [-0.4, -0.2) is 35.8 Å². The summed E-state index contributed by atoms with van der Waals surface area (Å²) in [6.07, 6.45) is 5.16. The highest BCUT2D eigenvalue weighted by atomic mass is 32.2. The van der Waals surface area contributed by atoms with Gasteiger partial charge in [0.05, 0.1) is 4.90 Å². The second kappa shape index (κ2) is 5.85. The third kappa shape index (κ3) is 2.80. The molecule has 0 spiro atoms. The molecule has 2 heterocycles. The van der Waals surface area contributed by atoms with Gasteiger partial charge in [0.15, 0.2) is 0 Å². The molecule has 1 saturated heterocycles. The maximum absolute atomic E-state index is 12.7. The van der Waals surface area contributed by atoms with Crippen LogP contribution in [0.5, 0.6) is 0 Å². The van der Waals surface area contributed by atoms with Gasteiger partial charge in [0.1, 0.15) is 5.82 Å². The summed E-state index contributed by atoms with van der Waals surface area (Å²) in [4.78, 5) is 7.81. The van der Waals surface area contributed by atoms with Crippen molar-refractivity contribution in [1.29, 1.82) is 0 Å². The van der Waals surface area contributed by atoms with Gasteiger partial charge < -0.3 is 4.98 Å². The SMILES string of the molecule is Cc1ccc(S(=O)(=O)N2CCC(c3ncc[nH]3)CC2)cc1C. The molecule has 0 aliphatic carbocycles. The molecule has 0 radical (unpaired) electrons. The fourth-order valence-corrected chi connectivity index (χ4v) is 4.45. The molecule has 1 aliphatic rings. The van der Waals surface area contributed by atoms with E-state index in [9.17, 15) is 8.42 Å². The maximum Gasteiger partial charge on any atom is 0.243 e. The zero-order valence-electron chi connectivity index (χ0n) is 12.9. The number of rotatable bonds is 3. The van der Waals surface area contributed by atoms with Crippen LogP contribution in [0.4, 0.5) is 0 Å². The Balaban J connectivity index is 1.75. The Morgan fingerprint density at radius 1 is 1.18 bits per heavy atom. The molecule has 3 rings (SSSR count). The summed E-state index contributed by atoms with van der Waals surface area (Å²) in [5, 5.41) is 0. The highest BCUT2D eigenvalue weighted by Crippen LogP contribution is 2.29. The third-order valence-corrected chi connectivity index (χ3v) is 6.37. The molecular formula is C16H21N3O2S. The van der Waals surface area contributed by atoms with Gasteiger partial charge in [-0.2, -0.15) is 4.31 Å². The van der Waals surface area contributed by atoms with E-state index in [4.69, 9.17) is 0 Å². The van der Waals surface area contributed by atoms with E-state index in [0.29, 0.717) is 23.9 Å². The number of aromatic nitrogens is 2. The Hall–Kier alpha value is -1.66. The van der Waals surface area contributed by atoms with E-state index >= 15 is 0 Å². The summed E-state index contributed by atoms with van der Waals surface area (Å²) in [5.74, 6) is 1.28. The van der Waals surface area contributed by atoms with E-state index < -0.39 is 10.0 Å². The number of sulfonamides is 1. The summed E-state index contributed by atoms with van der Waals surface area (Å²) in [6.45, 7) is 5.01. The molecular weight excluding hydrogens is 298 g/mol. The summed E-state index contributed by atoms with van der Waals surface area (Å²) in [5.41, 5.74) is 2.11. The number of H-pyrrole nitrogens is 1. The fraction of sp³-hybridized carbons (Fsp3) is 0.438. The van der Waals surface area contributed by atoms with Crippen LogP contribution in [0.15, 0.2) is 35.5 Å². The van der Waals surface area contributed by atoms with Crippen LogP contribution in [0.25, 0.3) is 0 Å². The Morgan fingerprint density at radius 2 is 1.91 bits per heavy atom. The van der Waals surface area contributed by atoms with Crippen LogP contribution in [0.3, 0.4) is 0 Å². The zero-order chi connectivity index (χ0) is 15.7. The summed E-state index contributed by atoms with van der Waals surface area (Å²) >= 11 is 0. The second-order valence-corrected chi connectivity index (χ2v) is 7.84. The van der Waals surface area contributed by atoms with Crippen molar-refractivity contribution in [2.75, 3.05) is 13.1 Å². The van der Waals surface area contributed by atoms with E-state index in [1.165, 1.54) is 0 Å². The average Bonchev–Trinajstić information content (AvgIpc) is 3.04. The van der Waals surface area contributed by atoms with Gasteiger partial charge in [-0.05, 0) is 49.9 Å². The minimum absolute atomic E-state index is 0.321. The smallest absolute Gasteiger partial charge is 0.243 e. The monoisotopic (exact) mass is 319 g/mol. The van der Waals surface area contributed by atoms with Crippen molar-refractivity contribution in [2.24, 2.45) is 0 Å². The lowest BCUT2D eigenvalue weighted by Crippen LogP contribution is -2.38. The average molecular weight is 319 g/mol. The minimum Gasteiger partial charge on any atom is -0.348 e. The van der Waals surface area contributed by atoms with Gasteiger partial charge in [0, 0.05) is 31.4 Å². The molecule has 1 aromatic carbocycles. The number of piperidine rings is 1. The van der Waals surface area contributed by atoms with Crippen LogP contribution in [-0.2, 0) is 10.0 Å². The van der Waals surface area contributed by atoms with Gasteiger partial charge in [-0.15, -0.1) is 0 Å². The Morgan fingerprint density at radius 3 is 2.50 bits per heavy atom. The van der Waals surface area contributed by atoms with Crippen LogP contribution in [0.2, 0.25) is 0 Å². The van der Waals surface area contributed by atoms with Crippen LogP contribution in [0.1, 0.15) is 35.7 Å². The summed E-state index contributed by atoms with van der Waals surface area (Å²) in [7, 11) is -3.39. The molecule has 6 heteroatoms. The normalized spacial score (nSPS) is 17.7. The van der Waals surface area contributed by atoms with E-state index in [-0.39, 0.29) is 0 Å². The van der Waals surface area contributed by atoms with Crippen molar-refractivity contribution < 1.29 is 8.42 Å². The van der Waals surface area contributed by atoms with Gasteiger partial charge >= 0.3 is 0 Å². The number of benzene rings is 1. The summed E-state index contributed by atoms with van der Waals surface area (Å²) in [6, 6.07) is 5.34. The molecule has 1 fully saturated rings. The lowest BCUT2D eigenvalue weighted by molar-refractivity contribution is 0.314. The van der Waals surface area contributed by atoms with Crippen molar-refractivity contribution in [2.45, 2.75) is 37.5 Å². The largest absolute Gasteiger partial charge is 0.348 e. The second-order valence-electron chi connectivity index (χ2n) is 5.90. The van der Waals surface area contributed by atoms with E-state index in [0.717, 1.165) is 29.8 Å². The van der Waals surface area contributed by atoms with E-state index in [1.54, 1.807) is 22.6 Å². The molecule has 0 amide bonds. The van der Waals surface area contributed by atoms with Crippen molar-refractivity contribution in [3.05, 3.63) is 47.5 Å². The lowest BCUT2D eigenvalue weighted by atomic mass is 9.98. The van der Waals surface area contributed by atoms with Crippen LogP contribution in [0, 0.1) is 13.8 Å². The number of hydrogen-bond acceptors (Lipinski definition) is 3. The molecule has 0 bridgehead atoms. The van der Waals surface area contributed by atoms with Gasteiger partial charge in [-0.1, -0.05) is 6.07 Å². The topological polar surface area (TPSA) is 66.1 Å². The molecule has 1 aliphatic heterocycles. The molecule has 0 saturated carbocycles. The lowest BCUT2D eigenvalue weighted by Gasteiger charge is -2.30. The maximum atomic E-state index is 12.7. The highest BCUT2D eigenvalue weighted by Gasteiger charge is 2.30. The van der Waals surface area contributed by atoms with E-state index in [1.807, 2.05) is 26.1 Å². The molecule has 0 unspecified atom stereocenters. The molecule has 2 aromatic rings. The predicted octanol–water partition coefficient (Wildman–Crippen LogP) is 2.59. The quantitative estimate of drug-likeness (QED) is 0.945. The van der Waals surface area contributed by atoms with Crippen LogP contribution < -0.4 is 0 Å². The zero-order valence-corrected chi connectivity index (χ0v) is 13.7. The Kier molecular flexibility index (Phi) is 4.06. The Bertz CT molecular complexity index is 746. The highest BCUT2D eigenvalue weighted by molar-refractivity contribution is 7.89. The number of nitrogens with one attached hydrogen (secondary N) is 1. The standard InChI is InChI=1S/C16H21N3O2S/c1-12-3-4-15(11-13(12)2)22(20,21)19-9-5-14(6-10-19)16-17-7-8-18-16/h3-4,7-8,11,14H,5-6,9-10H2,1-2H3,(H,17,18). The number of imidazole rings is 1. The first-order chi connectivity index (χ1) is 10.5. The van der Waals surface area contributed by atoms with Crippen molar-refractivity contribution in [3.63, 3.8) is 0 Å². The minimum atomic E-state index is -3.39. The molecule has 118 valence electrons. The molecule has 5 nitrogen and oxygen atoms in total. The van der Waals surface area contributed by atoms with E-state index in [2.05, 4.69) is 9.97 Å². The molecule has 22 heavy (non-hydrogen) atoms. The fourth-order valence-electron chi connectivity index (χ4n) is 2.89. The molecule has 0 atom stereocenters. The van der Waals surface area contributed by atoms with Crippen molar-refractivity contribution in [1.82, 2.24) is 14.3 Å². The van der Waals surface area contributed by atoms with Gasteiger partial charge in [-0.25, -0.2) is 13.4 Å². The van der Waals surface area contributed by atoms with Gasteiger partial charge in [-0.3, -0.25) is 0 Å². The first-order valence-electron chi connectivity index (χ1n) is 7.55. The van der Waals surface area contributed by atoms with Gasteiger partial charge in [0.25, 0.3) is 0 Å². The first kappa shape index (κ1) is 15.2. The molecule has 1 N–H and O–H groups in total. The number of aryl methyl sites for hydroxylation is 2. The summed E-state index contributed by atoms with van der Waals surface area (Å²) < 4.78 is 27.1. The number of hydrogen-bond donors (Lipinski definition) is 1. The number of aromatic amines is 1. The Labute approximate surface area is 131 Å². The predicted molar refractivity (Wildman–Crippen MR) is 85.2 cm³/mol. The van der Waals surface area contributed by atoms with Crippen molar-refractivity contribution in [3.8, 4) is 0 Å². The third-order valence-electron chi connectivity index (χ3n) is 4.48.